The Morgan fingerprint density at radius 2 is 2.00 bits per heavy atom. The van der Waals surface area contributed by atoms with Gasteiger partial charge in [-0.25, -0.2) is 9.37 Å². The highest BCUT2D eigenvalue weighted by Crippen LogP contribution is 2.35. The maximum Gasteiger partial charge on any atom is 0.256 e. The molecule has 30 heavy (non-hydrogen) atoms. The first-order chi connectivity index (χ1) is 14.5. The number of anilines is 1. The second-order valence-electron chi connectivity index (χ2n) is 8.14. The molecule has 0 atom stereocenters. The standard InChI is InChI=1S/C23H28FN3O3/c1-29-21-13-22(25)26-14-19(21)16-6-9-27(10-7-16)23(28)18-5-4-17(12-20(18)24)30-11-8-15-2-3-15/h4-5,12-16H,2-3,6-11H2,1H3,(H2,25,26). The molecule has 2 aliphatic rings. The van der Waals surface area contributed by atoms with Crippen molar-refractivity contribution < 1.29 is 18.7 Å². The van der Waals surface area contributed by atoms with Crippen LogP contribution in [0.25, 0.3) is 0 Å². The lowest BCUT2D eigenvalue weighted by molar-refractivity contribution is 0.0707. The monoisotopic (exact) mass is 413 g/mol. The highest BCUT2D eigenvalue weighted by atomic mass is 19.1. The Balaban J connectivity index is 1.35. The molecule has 1 saturated carbocycles. The maximum atomic E-state index is 14.6. The first-order valence-corrected chi connectivity index (χ1v) is 10.6. The summed E-state index contributed by atoms with van der Waals surface area (Å²) in [4.78, 5) is 18.7. The zero-order valence-electron chi connectivity index (χ0n) is 17.3. The molecule has 1 saturated heterocycles. The number of pyridine rings is 1. The van der Waals surface area contributed by atoms with Crippen LogP contribution in [0.15, 0.2) is 30.5 Å². The molecule has 160 valence electrons. The van der Waals surface area contributed by atoms with Gasteiger partial charge in [0.25, 0.3) is 5.91 Å². The molecule has 7 heteroatoms. The van der Waals surface area contributed by atoms with Crippen molar-refractivity contribution in [3.8, 4) is 11.5 Å². The molecule has 1 amide bonds. The molecule has 2 fully saturated rings. The van der Waals surface area contributed by atoms with Gasteiger partial charge < -0.3 is 20.1 Å². The number of nitrogen functional groups attached to an aromatic ring is 1. The van der Waals surface area contributed by atoms with Gasteiger partial charge in [-0.15, -0.1) is 0 Å². The molecule has 0 unspecified atom stereocenters. The van der Waals surface area contributed by atoms with E-state index < -0.39 is 5.82 Å². The van der Waals surface area contributed by atoms with E-state index >= 15 is 0 Å². The lowest BCUT2D eigenvalue weighted by atomic mass is 9.89. The van der Waals surface area contributed by atoms with Crippen LogP contribution in [-0.4, -0.2) is 42.6 Å². The van der Waals surface area contributed by atoms with Gasteiger partial charge in [-0.3, -0.25) is 4.79 Å². The van der Waals surface area contributed by atoms with Gasteiger partial charge in [-0.1, -0.05) is 12.8 Å². The van der Waals surface area contributed by atoms with Crippen molar-refractivity contribution in [1.29, 1.82) is 0 Å². The third-order valence-corrected chi connectivity index (χ3v) is 6.02. The number of halogens is 1. The number of benzene rings is 1. The van der Waals surface area contributed by atoms with Crippen LogP contribution in [0.1, 0.15) is 53.9 Å². The quantitative estimate of drug-likeness (QED) is 0.742. The minimum atomic E-state index is -0.532. The second-order valence-corrected chi connectivity index (χ2v) is 8.14. The Kier molecular flexibility index (Phi) is 6.06. The van der Waals surface area contributed by atoms with E-state index in [1.165, 1.54) is 25.0 Å². The number of nitrogens with zero attached hydrogens (tertiary/aromatic N) is 2. The summed E-state index contributed by atoms with van der Waals surface area (Å²) in [5.74, 6) is 1.79. The average molecular weight is 413 g/mol. The Labute approximate surface area is 176 Å². The molecule has 2 aromatic rings. The number of hydrogen-bond donors (Lipinski definition) is 1. The van der Waals surface area contributed by atoms with Crippen LogP contribution in [-0.2, 0) is 0 Å². The molecule has 1 aromatic heterocycles. The molecule has 4 rings (SSSR count). The summed E-state index contributed by atoms with van der Waals surface area (Å²) in [6.07, 6.45) is 6.81. The molecular weight excluding hydrogens is 385 g/mol. The molecule has 6 nitrogen and oxygen atoms in total. The Bertz CT molecular complexity index is 909. The van der Waals surface area contributed by atoms with Crippen molar-refractivity contribution in [2.75, 3.05) is 32.5 Å². The number of amides is 1. The zero-order chi connectivity index (χ0) is 21.1. The van der Waals surface area contributed by atoms with Crippen LogP contribution < -0.4 is 15.2 Å². The number of hydrogen-bond acceptors (Lipinski definition) is 5. The zero-order valence-corrected chi connectivity index (χ0v) is 17.3. The van der Waals surface area contributed by atoms with Gasteiger partial charge in [-0.05, 0) is 43.2 Å². The van der Waals surface area contributed by atoms with Gasteiger partial charge in [-0.2, -0.15) is 0 Å². The maximum absolute atomic E-state index is 14.6. The van der Waals surface area contributed by atoms with Gasteiger partial charge in [0.2, 0.25) is 0 Å². The van der Waals surface area contributed by atoms with Crippen molar-refractivity contribution in [3.63, 3.8) is 0 Å². The van der Waals surface area contributed by atoms with Gasteiger partial charge in [0, 0.05) is 37.0 Å². The summed E-state index contributed by atoms with van der Waals surface area (Å²) in [5, 5.41) is 0. The van der Waals surface area contributed by atoms with Crippen molar-refractivity contribution in [2.45, 2.75) is 38.0 Å². The third-order valence-electron chi connectivity index (χ3n) is 6.02. The highest BCUT2D eigenvalue weighted by Gasteiger charge is 2.28. The molecule has 1 aromatic carbocycles. The van der Waals surface area contributed by atoms with Crippen molar-refractivity contribution >= 4 is 11.7 Å². The van der Waals surface area contributed by atoms with E-state index in [4.69, 9.17) is 15.2 Å². The normalized spacial score (nSPS) is 17.1. The fourth-order valence-electron chi connectivity index (χ4n) is 4.02. The smallest absolute Gasteiger partial charge is 0.256 e. The van der Waals surface area contributed by atoms with Crippen LogP contribution >= 0.6 is 0 Å². The summed E-state index contributed by atoms with van der Waals surface area (Å²) in [6.45, 7) is 1.70. The molecule has 1 aliphatic heterocycles. The minimum Gasteiger partial charge on any atom is -0.496 e. The van der Waals surface area contributed by atoms with Gasteiger partial charge in [0.05, 0.1) is 19.3 Å². The number of carbonyl (C=O) groups is 1. The number of ether oxygens (including phenoxy) is 2. The summed E-state index contributed by atoms with van der Waals surface area (Å²) >= 11 is 0. The number of rotatable bonds is 7. The summed E-state index contributed by atoms with van der Waals surface area (Å²) in [6, 6.07) is 6.25. The number of piperidine rings is 1. The molecule has 2 N–H and O–H groups in total. The van der Waals surface area contributed by atoms with Crippen LogP contribution in [0.3, 0.4) is 0 Å². The van der Waals surface area contributed by atoms with Gasteiger partial charge in [0.15, 0.2) is 0 Å². The first kappa shape index (κ1) is 20.4. The van der Waals surface area contributed by atoms with E-state index in [0.29, 0.717) is 31.3 Å². The average Bonchev–Trinajstić information content (AvgIpc) is 3.58. The Morgan fingerprint density at radius 3 is 2.67 bits per heavy atom. The summed E-state index contributed by atoms with van der Waals surface area (Å²) in [5.41, 5.74) is 6.83. The number of aromatic nitrogens is 1. The second kappa shape index (κ2) is 8.90. The van der Waals surface area contributed by atoms with Crippen LogP contribution in [0, 0.1) is 11.7 Å². The van der Waals surface area contributed by atoms with Crippen molar-refractivity contribution in [3.05, 3.63) is 47.4 Å². The SMILES string of the molecule is COc1cc(N)ncc1C1CCN(C(=O)c2ccc(OCCC3CC3)cc2F)CC1. The fourth-order valence-corrected chi connectivity index (χ4v) is 4.02. The molecule has 1 aliphatic carbocycles. The third kappa shape index (κ3) is 4.66. The fraction of sp³-hybridized carbons (Fsp3) is 0.478. The summed E-state index contributed by atoms with van der Waals surface area (Å²) < 4.78 is 25.6. The predicted molar refractivity (Wildman–Crippen MR) is 112 cm³/mol. The molecule has 0 spiro atoms. The lowest BCUT2D eigenvalue weighted by Gasteiger charge is -2.32. The molecular formula is C23H28FN3O3. The van der Waals surface area contributed by atoms with Gasteiger partial charge in [0.1, 0.15) is 23.1 Å². The van der Waals surface area contributed by atoms with E-state index in [-0.39, 0.29) is 17.4 Å². The molecule has 2 heterocycles. The van der Waals surface area contributed by atoms with Crippen molar-refractivity contribution in [2.24, 2.45) is 5.92 Å². The van der Waals surface area contributed by atoms with E-state index in [2.05, 4.69) is 4.98 Å². The highest BCUT2D eigenvalue weighted by molar-refractivity contribution is 5.94. The largest absolute Gasteiger partial charge is 0.496 e. The Hall–Kier alpha value is -2.83. The topological polar surface area (TPSA) is 77.7 Å². The summed E-state index contributed by atoms with van der Waals surface area (Å²) in [7, 11) is 1.61. The number of nitrogens with two attached hydrogens (primary N) is 1. The van der Waals surface area contributed by atoms with Crippen molar-refractivity contribution in [1.82, 2.24) is 9.88 Å². The van der Waals surface area contributed by atoms with Crippen LogP contribution in [0.2, 0.25) is 0 Å². The lowest BCUT2D eigenvalue weighted by Crippen LogP contribution is -2.38. The molecule has 0 radical (unpaired) electrons. The van der Waals surface area contributed by atoms with Crippen LogP contribution in [0.4, 0.5) is 10.2 Å². The first-order valence-electron chi connectivity index (χ1n) is 10.6. The van der Waals surface area contributed by atoms with Crippen LogP contribution in [0.5, 0.6) is 11.5 Å². The predicted octanol–water partition coefficient (Wildman–Crippen LogP) is 4.01. The number of methoxy groups -OCH3 is 1. The van der Waals surface area contributed by atoms with E-state index in [9.17, 15) is 9.18 Å². The Morgan fingerprint density at radius 1 is 1.23 bits per heavy atom. The molecule has 0 bridgehead atoms. The number of carbonyl (C=O) groups excluding carboxylic acids is 1. The van der Waals surface area contributed by atoms with E-state index in [1.807, 2.05) is 0 Å². The number of likely N-dealkylation sites (tertiary alicyclic amines) is 1. The van der Waals surface area contributed by atoms with E-state index in [1.54, 1.807) is 30.3 Å². The van der Waals surface area contributed by atoms with E-state index in [0.717, 1.165) is 36.5 Å². The van der Waals surface area contributed by atoms with Gasteiger partial charge >= 0.3 is 0 Å². The minimum absolute atomic E-state index is 0.0923.